The summed E-state index contributed by atoms with van der Waals surface area (Å²) < 4.78 is 64.2. The van der Waals surface area contributed by atoms with Gasteiger partial charge in [-0.3, -0.25) is 9.69 Å². The van der Waals surface area contributed by atoms with E-state index in [0.717, 1.165) is 31.8 Å². The highest BCUT2D eigenvalue weighted by molar-refractivity contribution is 6.41. The third kappa shape index (κ3) is 4.92. The van der Waals surface area contributed by atoms with Crippen LogP contribution in [-0.4, -0.2) is 50.1 Å². The summed E-state index contributed by atoms with van der Waals surface area (Å²) in [5.41, 5.74) is 2.01. The second-order valence-electron chi connectivity index (χ2n) is 8.67. The molecular weight excluding hydrogens is 474 g/mol. The van der Waals surface area contributed by atoms with E-state index < -0.39 is 17.6 Å². The molecule has 5 rings (SSSR count). The van der Waals surface area contributed by atoms with E-state index in [2.05, 4.69) is 4.90 Å². The van der Waals surface area contributed by atoms with Crippen LogP contribution in [0.4, 0.5) is 17.6 Å². The van der Waals surface area contributed by atoms with Gasteiger partial charge in [0.2, 0.25) is 0 Å². The maximum Gasteiger partial charge on any atom is 0.416 e. The van der Waals surface area contributed by atoms with Crippen LogP contribution in [0.3, 0.4) is 0 Å². The molecule has 0 unspecified atom stereocenters. The van der Waals surface area contributed by atoms with Gasteiger partial charge in [-0.05, 0) is 59.2 Å². The Morgan fingerprint density at radius 2 is 1.47 bits per heavy atom. The van der Waals surface area contributed by atoms with Gasteiger partial charge in [0, 0.05) is 36.3 Å². The highest BCUT2D eigenvalue weighted by Gasteiger charge is 2.34. The molecule has 36 heavy (non-hydrogen) atoms. The lowest BCUT2D eigenvalue weighted by atomic mass is 9.94. The number of ketones is 1. The Balaban J connectivity index is 1.47. The minimum Gasteiger partial charge on any atom is -0.492 e. The van der Waals surface area contributed by atoms with Crippen molar-refractivity contribution in [3.63, 3.8) is 0 Å². The zero-order chi connectivity index (χ0) is 25.3. The number of halogens is 4. The van der Waals surface area contributed by atoms with Crippen molar-refractivity contribution in [1.29, 1.82) is 0 Å². The monoisotopic (exact) mass is 497 g/mol. The second kappa shape index (κ2) is 9.87. The normalized spacial score (nSPS) is 16.4. The van der Waals surface area contributed by atoms with Gasteiger partial charge in [-0.15, -0.1) is 0 Å². The topological polar surface area (TPSA) is 38.8 Å². The number of carbonyl (C=O) groups is 1. The van der Waals surface area contributed by atoms with Crippen LogP contribution < -0.4 is 4.74 Å². The number of rotatable bonds is 6. The van der Waals surface area contributed by atoms with Gasteiger partial charge in [-0.1, -0.05) is 24.3 Å². The van der Waals surface area contributed by atoms with Gasteiger partial charge in [0.05, 0.1) is 18.8 Å². The van der Waals surface area contributed by atoms with Gasteiger partial charge in [0.25, 0.3) is 0 Å². The van der Waals surface area contributed by atoms with Crippen LogP contribution in [0.2, 0.25) is 0 Å². The SMILES string of the molecule is O=C1C(c2ccc(C(F)(F)F)cc2)=C(c2ccc(F)cc2)c2ccc(OCCN3CCOCC3)cc21. The average molecular weight is 497 g/mol. The van der Waals surface area contributed by atoms with E-state index in [0.29, 0.717) is 53.4 Å². The van der Waals surface area contributed by atoms with Crippen LogP contribution in [0.25, 0.3) is 11.1 Å². The van der Waals surface area contributed by atoms with Crippen molar-refractivity contribution in [2.75, 3.05) is 39.5 Å². The fraction of sp³-hybridized carbons (Fsp3) is 0.250. The largest absolute Gasteiger partial charge is 0.492 e. The fourth-order valence-electron chi connectivity index (χ4n) is 4.54. The zero-order valence-corrected chi connectivity index (χ0v) is 19.3. The van der Waals surface area contributed by atoms with E-state index in [1.54, 1.807) is 30.3 Å². The Morgan fingerprint density at radius 3 is 2.14 bits per heavy atom. The van der Waals surface area contributed by atoms with E-state index in [4.69, 9.17) is 9.47 Å². The molecule has 1 heterocycles. The summed E-state index contributed by atoms with van der Waals surface area (Å²) in [4.78, 5) is 15.8. The lowest BCUT2D eigenvalue weighted by Crippen LogP contribution is -2.38. The molecule has 4 nitrogen and oxygen atoms in total. The first-order valence-electron chi connectivity index (χ1n) is 11.6. The van der Waals surface area contributed by atoms with E-state index in [1.807, 2.05) is 0 Å². The van der Waals surface area contributed by atoms with Crippen molar-refractivity contribution < 1.29 is 31.8 Å². The number of Topliss-reactive ketones (excluding diaryl/α,β-unsaturated/α-hetero) is 1. The van der Waals surface area contributed by atoms with E-state index in [1.165, 1.54) is 24.3 Å². The molecule has 0 bridgehead atoms. The number of morpholine rings is 1. The van der Waals surface area contributed by atoms with Gasteiger partial charge >= 0.3 is 6.18 Å². The van der Waals surface area contributed by atoms with Gasteiger partial charge in [0.15, 0.2) is 5.78 Å². The second-order valence-corrected chi connectivity index (χ2v) is 8.67. The Kier molecular flexibility index (Phi) is 6.64. The van der Waals surface area contributed by atoms with Crippen molar-refractivity contribution in [1.82, 2.24) is 4.90 Å². The molecule has 0 aromatic heterocycles. The first kappa shape index (κ1) is 24.2. The van der Waals surface area contributed by atoms with E-state index >= 15 is 0 Å². The number of hydrogen-bond donors (Lipinski definition) is 0. The lowest BCUT2D eigenvalue weighted by molar-refractivity contribution is -0.137. The van der Waals surface area contributed by atoms with E-state index in [9.17, 15) is 22.4 Å². The Hall–Kier alpha value is -3.49. The number of fused-ring (bicyclic) bond motifs is 1. The van der Waals surface area contributed by atoms with E-state index in [-0.39, 0.29) is 11.4 Å². The first-order valence-corrected chi connectivity index (χ1v) is 11.6. The lowest BCUT2D eigenvalue weighted by Gasteiger charge is -2.26. The molecule has 1 saturated heterocycles. The summed E-state index contributed by atoms with van der Waals surface area (Å²) in [5, 5.41) is 0. The number of allylic oxidation sites excluding steroid dienone is 1. The third-order valence-electron chi connectivity index (χ3n) is 6.40. The Morgan fingerprint density at radius 1 is 0.833 bits per heavy atom. The molecule has 0 amide bonds. The zero-order valence-electron chi connectivity index (χ0n) is 19.3. The van der Waals surface area contributed by atoms with Crippen LogP contribution in [0.5, 0.6) is 5.75 Å². The maximum atomic E-state index is 13.6. The summed E-state index contributed by atoms with van der Waals surface area (Å²) in [6.45, 7) is 4.23. The summed E-state index contributed by atoms with van der Waals surface area (Å²) in [5.74, 6) is -0.214. The molecule has 1 aliphatic heterocycles. The molecular formula is C28H23F4NO3. The van der Waals surface area contributed by atoms with Crippen molar-refractivity contribution >= 4 is 16.9 Å². The smallest absolute Gasteiger partial charge is 0.416 e. The molecule has 0 atom stereocenters. The summed E-state index contributed by atoms with van der Waals surface area (Å²) in [7, 11) is 0. The molecule has 2 aliphatic rings. The van der Waals surface area contributed by atoms with Crippen LogP contribution in [0, 0.1) is 5.82 Å². The number of hydrogen-bond acceptors (Lipinski definition) is 4. The highest BCUT2D eigenvalue weighted by atomic mass is 19.4. The standard InChI is InChI=1S/C28H23F4NO3/c29-21-7-3-18(4-8-21)25-23-10-9-22(36-16-13-33-11-14-35-15-12-33)17-24(23)27(34)26(25)19-1-5-20(6-2-19)28(30,31)32/h1-10,17H,11-16H2. The number of ether oxygens (including phenoxy) is 2. The van der Waals surface area contributed by atoms with Gasteiger partial charge < -0.3 is 9.47 Å². The molecule has 1 fully saturated rings. The summed E-state index contributed by atoms with van der Waals surface area (Å²) in [6.07, 6.45) is -4.48. The predicted molar refractivity (Wildman–Crippen MR) is 127 cm³/mol. The minimum absolute atomic E-state index is 0.274. The predicted octanol–water partition coefficient (Wildman–Crippen LogP) is 5.71. The molecule has 3 aromatic carbocycles. The van der Waals surface area contributed by atoms with Gasteiger partial charge in [-0.2, -0.15) is 13.2 Å². The molecule has 1 aliphatic carbocycles. The van der Waals surface area contributed by atoms with Crippen LogP contribution in [0.1, 0.15) is 32.6 Å². The molecule has 0 radical (unpaired) electrons. The molecule has 0 saturated carbocycles. The van der Waals surface area contributed by atoms with Crippen molar-refractivity contribution in [2.24, 2.45) is 0 Å². The molecule has 0 N–H and O–H groups in total. The number of carbonyl (C=O) groups excluding carboxylic acids is 1. The maximum absolute atomic E-state index is 13.6. The van der Waals surface area contributed by atoms with Crippen LogP contribution >= 0.6 is 0 Å². The molecule has 8 heteroatoms. The minimum atomic E-state index is -4.48. The summed E-state index contributed by atoms with van der Waals surface area (Å²) >= 11 is 0. The Bertz CT molecular complexity index is 1290. The molecule has 3 aromatic rings. The average Bonchev–Trinajstić information content (AvgIpc) is 3.16. The Labute approximate surface area is 205 Å². The molecule has 186 valence electrons. The number of nitrogens with zero attached hydrogens (tertiary/aromatic N) is 1. The van der Waals surface area contributed by atoms with Crippen molar-refractivity contribution in [2.45, 2.75) is 6.18 Å². The van der Waals surface area contributed by atoms with Crippen molar-refractivity contribution in [3.05, 3.63) is 100 Å². The number of alkyl halides is 3. The fourth-order valence-corrected chi connectivity index (χ4v) is 4.54. The third-order valence-corrected chi connectivity index (χ3v) is 6.40. The van der Waals surface area contributed by atoms with Gasteiger partial charge in [-0.25, -0.2) is 4.39 Å². The van der Waals surface area contributed by atoms with Crippen LogP contribution in [-0.2, 0) is 10.9 Å². The van der Waals surface area contributed by atoms with Crippen LogP contribution in [0.15, 0.2) is 66.7 Å². The first-order chi connectivity index (χ1) is 17.3. The van der Waals surface area contributed by atoms with Gasteiger partial charge in [0.1, 0.15) is 18.2 Å². The molecule has 0 spiro atoms. The van der Waals surface area contributed by atoms with Crippen molar-refractivity contribution in [3.8, 4) is 5.75 Å². The highest BCUT2D eigenvalue weighted by Crippen LogP contribution is 2.43. The summed E-state index contributed by atoms with van der Waals surface area (Å²) in [6, 6.07) is 15.4. The number of benzene rings is 3. The quantitative estimate of drug-likeness (QED) is 0.409.